The molecule has 0 radical (unpaired) electrons. The number of hydrogen-bond acceptors (Lipinski definition) is 3. The van der Waals surface area contributed by atoms with Gasteiger partial charge < -0.3 is 16.0 Å². The Kier molecular flexibility index (Phi) is 4.74. The van der Waals surface area contributed by atoms with Crippen LogP contribution in [0.1, 0.15) is 40.0 Å². The van der Waals surface area contributed by atoms with Crippen LogP contribution in [0.5, 0.6) is 0 Å². The van der Waals surface area contributed by atoms with E-state index in [1.54, 1.807) is 0 Å². The smallest absolute Gasteiger partial charge is 0.219 e. The minimum Gasteiger partial charge on any atom is -0.370 e. The van der Waals surface area contributed by atoms with Crippen LogP contribution in [0.15, 0.2) is 0 Å². The molecule has 0 spiro atoms. The number of nitrogens with one attached hydrogen (secondary N) is 1. The van der Waals surface area contributed by atoms with Crippen LogP contribution in [-0.4, -0.2) is 42.0 Å². The van der Waals surface area contributed by atoms with Gasteiger partial charge in [0.05, 0.1) is 0 Å². The van der Waals surface area contributed by atoms with E-state index in [9.17, 15) is 4.79 Å². The van der Waals surface area contributed by atoms with Gasteiger partial charge >= 0.3 is 0 Å². The highest BCUT2D eigenvalue weighted by atomic mass is 16.1. The fraction of sp³-hybridized carbons (Fsp3) is 0.917. The molecule has 1 rings (SSSR count). The first-order valence-electron chi connectivity index (χ1n) is 6.26. The van der Waals surface area contributed by atoms with E-state index in [0.29, 0.717) is 12.5 Å². The number of rotatable bonds is 5. The molecule has 4 heteroatoms. The molecule has 1 aliphatic heterocycles. The molecule has 0 aromatic carbocycles. The van der Waals surface area contributed by atoms with Crippen molar-refractivity contribution >= 4 is 5.91 Å². The summed E-state index contributed by atoms with van der Waals surface area (Å²) in [6, 6.07) is 0.591. The third-order valence-corrected chi connectivity index (χ3v) is 3.55. The molecule has 1 fully saturated rings. The van der Waals surface area contributed by atoms with E-state index in [0.717, 1.165) is 32.5 Å². The zero-order chi connectivity index (χ0) is 12.2. The largest absolute Gasteiger partial charge is 0.370 e. The minimum atomic E-state index is -0.195. The van der Waals surface area contributed by atoms with Gasteiger partial charge in [0.2, 0.25) is 5.91 Å². The summed E-state index contributed by atoms with van der Waals surface area (Å²) < 4.78 is 0. The lowest BCUT2D eigenvalue weighted by Gasteiger charge is -2.43. The molecule has 0 bridgehead atoms. The second kappa shape index (κ2) is 5.64. The first kappa shape index (κ1) is 13.5. The summed E-state index contributed by atoms with van der Waals surface area (Å²) in [5.41, 5.74) is 5.29. The van der Waals surface area contributed by atoms with Crippen molar-refractivity contribution in [3.8, 4) is 0 Å². The van der Waals surface area contributed by atoms with E-state index in [-0.39, 0.29) is 11.4 Å². The van der Waals surface area contributed by atoms with E-state index in [1.165, 1.54) is 0 Å². The van der Waals surface area contributed by atoms with Crippen LogP contribution >= 0.6 is 0 Å². The number of primary amides is 1. The summed E-state index contributed by atoms with van der Waals surface area (Å²) in [6.45, 7) is 9.52. The lowest BCUT2D eigenvalue weighted by Crippen LogP contribution is -2.56. The maximum atomic E-state index is 11.1. The molecule has 1 saturated heterocycles. The highest BCUT2D eigenvalue weighted by molar-refractivity contribution is 5.75. The molecular weight excluding hydrogens is 202 g/mol. The van der Waals surface area contributed by atoms with Crippen molar-refractivity contribution in [3.63, 3.8) is 0 Å². The monoisotopic (exact) mass is 227 g/mol. The normalized spacial score (nSPS) is 21.2. The molecule has 0 atom stereocenters. The Hall–Kier alpha value is -0.610. The molecule has 94 valence electrons. The van der Waals surface area contributed by atoms with Crippen LogP contribution in [0, 0.1) is 0 Å². The first-order valence-corrected chi connectivity index (χ1v) is 6.26. The van der Waals surface area contributed by atoms with E-state index < -0.39 is 0 Å². The lowest BCUT2D eigenvalue weighted by atomic mass is 9.83. The molecule has 0 unspecified atom stereocenters. The predicted molar refractivity (Wildman–Crippen MR) is 66.2 cm³/mol. The Labute approximate surface area is 98.6 Å². The van der Waals surface area contributed by atoms with Crippen molar-refractivity contribution in [2.24, 2.45) is 5.73 Å². The number of nitrogens with two attached hydrogens (primary N) is 1. The van der Waals surface area contributed by atoms with Gasteiger partial charge in [-0.25, -0.2) is 0 Å². The van der Waals surface area contributed by atoms with Gasteiger partial charge in [0.25, 0.3) is 0 Å². The van der Waals surface area contributed by atoms with Crippen molar-refractivity contribution in [2.75, 3.05) is 19.6 Å². The van der Waals surface area contributed by atoms with Gasteiger partial charge in [-0.15, -0.1) is 0 Å². The fourth-order valence-corrected chi connectivity index (χ4v) is 2.59. The van der Waals surface area contributed by atoms with Crippen molar-refractivity contribution in [2.45, 2.75) is 51.6 Å². The van der Waals surface area contributed by atoms with E-state index in [4.69, 9.17) is 5.73 Å². The Bertz CT molecular complexity index is 232. The quantitative estimate of drug-likeness (QED) is 0.727. The zero-order valence-electron chi connectivity index (χ0n) is 10.8. The van der Waals surface area contributed by atoms with Gasteiger partial charge in [0, 0.05) is 31.1 Å². The maximum absolute atomic E-state index is 11.1. The molecule has 0 aromatic rings. The maximum Gasteiger partial charge on any atom is 0.219 e. The lowest BCUT2D eigenvalue weighted by molar-refractivity contribution is -0.120. The Morgan fingerprint density at radius 2 is 2.00 bits per heavy atom. The second-order valence-corrected chi connectivity index (χ2v) is 5.08. The summed E-state index contributed by atoms with van der Waals surface area (Å²) in [4.78, 5) is 13.6. The molecule has 1 aliphatic rings. The number of likely N-dealkylation sites (tertiary alicyclic amines) is 1. The average Bonchev–Trinajstić information content (AvgIpc) is 2.17. The minimum absolute atomic E-state index is 0.0496. The zero-order valence-corrected chi connectivity index (χ0v) is 10.8. The number of carbonyl (C=O) groups excluding carboxylic acids is 1. The van der Waals surface area contributed by atoms with Gasteiger partial charge in [0.1, 0.15) is 0 Å². The van der Waals surface area contributed by atoms with Crippen molar-refractivity contribution in [3.05, 3.63) is 0 Å². The number of nitrogens with zero attached hydrogens (tertiary/aromatic N) is 1. The van der Waals surface area contributed by atoms with Crippen molar-refractivity contribution in [1.29, 1.82) is 0 Å². The van der Waals surface area contributed by atoms with E-state index in [2.05, 4.69) is 31.0 Å². The molecular formula is C12H25N3O. The molecule has 16 heavy (non-hydrogen) atoms. The van der Waals surface area contributed by atoms with Crippen molar-refractivity contribution < 1.29 is 4.79 Å². The molecule has 1 amide bonds. The fourth-order valence-electron chi connectivity index (χ4n) is 2.59. The first-order chi connectivity index (χ1) is 7.49. The molecule has 1 heterocycles. The SMILES string of the molecule is CCNC1(CC(N)=O)CCN(C(C)C)CC1. The predicted octanol–water partition coefficient (Wildman–Crippen LogP) is 0.714. The molecule has 0 saturated carbocycles. The third kappa shape index (κ3) is 3.46. The average molecular weight is 227 g/mol. The van der Waals surface area contributed by atoms with Crippen LogP contribution in [0.2, 0.25) is 0 Å². The van der Waals surface area contributed by atoms with Crippen molar-refractivity contribution in [1.82, 2.24) is 10.2 Å². The Balaban J connectivity index is 2.58. The highest BCUT2D eigenvalue weighted by Crippen LogP contribution is 2.26. The number of carbonyl (C=O) groups is 1. The Morgan fingerprint density at radius 3 is 2.38 bits per heavy atom. The number of piperidine rings is 1. The van der Waals surface area contributed by atoms with Crippen LogP contribution in [0.4, 0.5) is 0 Å². The third-order valence-electron chi connectivity index (χ3n) is 3.55. The number of amides is 1. The Morgan fingerprint density at radius 1 is 1.44 bits per heavy atom. The summed E-state index contributed by atoms with van der Waals surface area (Å²) in [6.07, 6.45) is 2.50. The van der Waals surface area contributed by atoms with Crippen LogP contribution in [0.25, 0.3) is 0 Å². The second-order valence-electron chi connectivity index (χ2n) is 5.08. The number of hydrogen-bond donors (Lipinski definition) is 2. The van der Waals surface area contributed by atoms with Gasteiger partial charge in [-0.05, 0) is 33.2 Å². The standard InChI is InChI=1S/C12H25N3O/c1-4-14-12(9-11(13)16)5-7-15(8-6-12)10(2)3/h10,14H,4-9H2,1-3H3,(H2,13,16). The summed E-state index contributed by atoms with van der Waals surface area (Å²) in [5, 5.41) is 3.46. The molecule has 0 aliphatic carbocycles. The summed E-state index contributed by atoms with van der Waals surface area (Å²) in [7, 11) is 0. The molecule has 4 nitrogen and oxygen atoms in total. The molecule has 0 aromatic heterocycles. The van der Waals surface area contributed by atoms with Crippen LogP contribution in [-0.2, 0) is 4.79 Å². The molecule has 3 N–H and O–H groups in total. The van der Waals surface area contributed by atoms with Gasteiger partial charge in [-0.1, -0.05) is 6.92 Å². The van der Waals surface area contributed by atoms with Gasteiger partial charge in [-0.2, -0.15) is 0 Å². The van der Waals surface area contributed by atoms with Gasteiger partial charge in [-0.3, -0.25) is 4.79 Å². The summed E-state index contributed by atoms with van der Waals surface area (Å²) >= 11 is 0. The topological polar surface area (TPSA) is 58.4 Å². The van der Waals surface area contributed by atoms with Crippen LogP contribution < -0.4 is 11.1 Å². The van der Waals surface area contributed by atoms with Crippen LogP contribution in [0.3, 0.4) is 0 Å². The van der Waals surface area contributed by atoms with E-state index in [1.807, 2.05) is 0 Å². The summed E-state index contributed by atoms with van der Waals surface area (Å²) in [5.74, 6) is -0.195. The van der Waals surface area contributed by atoms with Gasteiger partial charge in [0.15, 0.2) is 0 Å². The van der Waals surface area contributed by atoms with E-state index >= 15 is 0 Å². The highest BCUT2D eigenvalue weighted by Gasteiger charge is 2.35.